The fraction of sp³-hybridized carbons (Fsp3) is 0.333. The Morgan fingerprint density at radius 1 is 1.09 bits per heavy atom. The van der Waals surface area contributed by atoms with E-state index in [-0.39, 0.29) is 6.61 Å². The third-order valence-electron chi connectivity index (χ3n) is 4.00. The molecule has 4 heteroatoms. The average Bonchev–Trinajstić information content (AvgIpc) is 2.62. The monoisotopic (exact) mass is 299 g/mol. The number of rotatable bonds is 4. The van der Waals surface area contributed by atoms with E-state index in [0.717, 1.165) is 48.9 Å². The quantitative estimate of drug-likeness (QED) is 0.942. The van der Waals surface area contributed by atoms with Crippen LogP contribution < -0.4 is 9.64 Å². The molecule has 0 unspecified atom stereocenters. The number of hydrogen-bond donors (Lipinski definition) is 1. The third-order valence-corrected chi connectivity index (χ3v) is 4.00. The van der Waals surface area contributed by atoms with E-state index >= 15 is 0 Å². The first kappa shape index (κ1) is 14.9. The standard InChI is InChI=1S/C18H21NO3/c1-21-16-5-3-15(4-6-16)17-7-2-14(13-20)12-18(17)19-8-10-22-11-9-19/h2-7,12,20H,8-11,13H2,1H3. The molecule has 1 saturated heterocycles. The summed E-state index contributed by atoms with van der Waals surface area (Å²) >= 11 is 0. The van der Waals surface area contributed by atoms with Crippen molar-refractivity contribution < 1.29 is 14.6 Å². The first-order valence-corrected chi connectivity index (χ1v) is 7.52. The highest BCUT2D eigenvalue weighted by molar-refractivity contribution is 5.79. The molecule has 2 aromatic carbocycles. The van der Waals surface area contributed by atoms with E-state index in [1.807, 2.05) is 18.2 Å². The van der Waals surface area contributed by atoms with Crippen molar-refractivity contribution in [1.29, 1.82) is 0 Å². The lowest BCUT2D eigenvalue weighted by Crippen LogP contribution is -2.36. The van der Waals surface area contributed by atoms with E-state index < -0.39 is 0 Å². The van der Waals surface area contributed by atoms with Gasteiger partial charge in [-0.25, -0.2) is 0 Å². The summed E-state index contributed by atoms with van der Waals surface area (Å²) in [6.45, 7) is 3.28. The van der Waals surface area contributed by atoms with Crippen LogP contribution in [0, 0.1) is 0 Å². The van der Waals surface area contributed by atoms with Crippen molar-refractivity contribution in [3.05, 3.63) is 48.0 Å². The number of methoxy groups -OCH3 is 1. The van der Waals surface area contributed by atoms with Gasteiger partial charge in [-0.2, -0.15) is 0 Å². The Hall–Kier alpha value is -2.04. The van der Waals surface area contributed by atoms with Gasteiger partial charge in [0.1, 0.15) is 5.75 Å². The minimum Gasteiger partial charge on any atom is -0.497 e. The van der Waals surface area contributed by atoms with Crippen molar-refractivity contribution >= 4 is 5.69 Å². The molecule has 22 heavy (non-hydrogen) atoms. The van der Waals surface area contributed by atoms with Gasteiger partial charge in [0.25, 0.3) is 0 Å². The molecular weight excluding hydrogens is 278 g/mol. The Balaban J connectivity index is 2.00. The fourth-order valence-electron chi connectivity index (χ4n) is 2.76. The van der Waals surface area contributed by atoms with Gasteiger partial charge in [-0.05, 0) is 29.3 Å². The molecule has 1 aliphatic rings. The van der Waals surface area contributed by atoms with Gasteiger partial charge in [0.05, 0.1) is 26.9 Å². The summed E-state index contributed by atoms with van der Waals surface area (Å²) in [6, 6.07) is 14.2. The smallest absolute Gasteiger partial charge is 0.118 e. The van der Waals surface area contributed by atoms with E-state index in [1.165, 1.54) is 5.56 Å². The lowest BCUT2D eigenvalue weighted by Gasteiger charge is -2.31. The van der Waals surface area contributed by atoms with Gasteiger partial charge in [0.2, 0.25) is 0 Å². The Labute approximate surface area is 130 Å². The molecule has 3 rings (SSSR count). The molecule has 1 heterocycles. The van der Waals surface area contributed by atoms with Crippen molar-refractivity contribution in [2.24, 2.45) is 0 Å². The predicted octanol–water partition coefficient (Wildman–Crippen LogP) is 2.69. The molecule has 1 fully saturated rings. The fourth-order valence-corrected chi connectivity index (χ4v) is 2.76. The Morgan fingerprint density at radius 3 is 2.45 bits per heavy atom. The molecule has 116 valence electrons. The summed E-state index contributed by atoms with van der Waals surface area (Å²) in [6.07, 6.45) is 0. The zero-order chi connectivity index (χ0) is 15.4. The van der Waals surface area contributed by atoms with E-state index in [9.17, 15) is 5.11 Å². The van der Waals surface area contributed by atoms with Crippen molar-refractivity contribution in [2.75, 3.05) is 38.3 Å². The highest BCUT2D eigenvalue weighted by Crippen LogP contribution is 2.33. The van der Waals surface area contributed by atoms with E-state index in [2.05, 4.69) is 29.2 Å². The van der Waals surface area contributed by atoms with Crippen LogP contribution in [0.4, 0.5) is 5.69 Å². The maximum absolute atomic E-state index is 9.43. The second kappa shape index (κ2) is 6.81. The molecule has 0 saturated carbocycles. The van der Waals surface area contributed by atoms with Crippen molar-refractivity contribution in [2.45, 2.75) is 6.61 Å². The van der Waals surface area contributed by atoms with Gasteiger partial charge < -0.3 is 19.5 Å². The summed E-state index contributed by atoms with van der Waals surface area (Å²) < 4.78 is 10.7. The first-order valence-electron chi connectivity index (χ1n) is 7.52. The van der Waals surface area contributed by atoms with Gasteiger partial charge in [-0.3, -0.25) is 0 Å². The van der Waals surface area contributed by atoms with Crippen LogP contribution in [0.3, 0.4) is 0 Å². The summed E-state index contributed by atoms with van der Waals surface area (Å²) in [7, 11) is 1.67. The first-order chi connectivity index (χ1) is 10.8. The van der Waals surface area contributed by atoms with Crippen LogP contribution >= 0.6 is 0 Å². The zero-order valence-electron chi connectivity index (χ0n) is 12.8. The second-order valence-electron chi connectivity index (χ2n) is 5.34. The molecule has 2 aromatic rings. The number of ether oxygens (including phenoxy) is 2. The Morgan fingerprint density at radius 2 is 1.82 bits per heavy atom. The molecule has 4 nitrogen and oxygen atoms in total. The number of nitrogens with zero attached hydrogens (tertiary/aromatic N) is 1. The molecule has 0 aliphatic carbocycles. The molecular formula is C18H21NO3. The van der Waals surface area contributed by atoms with Crippen LogP contribution in [0.1, 0.15) is 5.56 Å². The van der Waals surface area contributed by atoms with E-state index in [4.69, 9.17) is 9.47 Å². The van der Waals surface area contributed by atoms with Crippen LogP contribution in [0.2, 0.25) is 0 Å². The molecule has 0 spiro atoms. The molecule has 0 aromatic heterocycles. The average molecular weight is 299 g/mol. The molecule has 0 radical (unpaired) electrons. The minimum absolute atomic E-state index is 0.0558. The minimum atomic E-state index is 0.0558. The SMILES string of the molecule is COc1ccc(-c2ccc(CO)cc2N2CCOCC2)cc1. The molecule has 0 atom stereocenters. The van der Waals surface area contributed by atoms with Gasteiger partial charge in [0.15, 0.2) is 0 Å². The topological polar surface area (TPSA) is 41.9 Å². The van der Waals surface area contributed by atoms with Gasteiger partial charge in [-0.1, -0.05) is 24.3 Å². The van der Waals surface area contributed by atoms with Crippen LogP contribution in [0.15, 0.2) is 42.5 Å². The molecule has 0 amide bonds. The largest absolute Gasteiger partial charge is 0.497 e. The number of aliphatic hydroxyl groups is 1. The number of aliphatic hydroxyl groups excluding tert-OH is 1. The molecule has 0 bridgehead atoms. The van der Waals surface area contributed by atoms with Crippen LogP contribution in [0.25, 0.3) is 11.1 Å². The predicted molar refractivity (Wildman–Crippen MR) is 87.4 cm³/mol. The lowest BCUT2D eigenvalue weighted by atomic mass is 10.0. The maximum Gasteiger partial charge on any atom is 0.118 e. The number of morpholine rings is 1. The summed E-state index contributed by atoms with van der Waals surface area (Å²) in [5.74, 6) is 0.851. The van der Waals surface area contributed by atoms with Gasteiger partial charge in [-0.15, -0.1) is 0 Å². The number of benzene rings is 2. The van der Waals surface area contributed by atoms with Gasteiger partial charge >= 0.3 is 0 Å². The number of anilines is 1. The highest BCUT2D eigenvalue weighted by Gasteiger charge is 2.16. The molecule has 1 aliphatic heterocycles. The van der Waals surface area contributed by atoms with Crippen molar-refractivity contribution in [3.8, 4) is 16.9 Å². The van der Waals surface area contributed by atoms with E-state index in [0.29, 0.717) is 0 Å². The third kappa shape index (κ3) is 3.08. The summed E-state index contributed by atoms with van der Waals surface area (Å²) in [5, 5.41) is 9.43. The Bertz CT molecular complexity index is 619. The van der Waals surface area contributed by atoms with Crippen LogP contribution in [-0.2, 0) is 11.3 Å². The zero-order valence-corrected chi connectivity index (χ0v) is 12.8. The summed E-state index contributed by atoms with van der Waals surface area (Å²) in [5.41, 5.74) is 4.40. The van der Waals surface area contributed by atoms with Crippen molar-refractivity contribution in [1.82, 2.24) is 0 Å². The van der Waals surface area contributed by atoms with Crippen LogP contribution in [0.5, 0.6) is 5.75 Å². The lowest BCUT2D eigenvalue weighted by molar-refractivity contribution is 0.122. The maximum atomic E-state index is 9.43. The Kier molecular flexibility index (Phi) is 4.61. The molecule has 1 N–H and O–H groups in total. The van der Waals surface area contributed by atoms with Crippen LogP contribution in [-0.4, -0.2) is 38.5 Å². The number of hydrogen-bond acceptors (Lipinski definition) is 4. The van der Waals surface area contributed by atoms with Crippen molar-refractivity contribution in [3.63, 3.8) is 0 Å². The normalized spacial score (nSPS) is 14.9. The van der Waals surface area contributed by atoms with Gasteiger partial charge in [0, 0.05) is 24.3 Å². The second-order valence-corrected chi connectivity index (χ2v) is 5.34. The highest BCUT2D eigenvalue weighted by atomic mass is 16.5. The van der Waals surface area contributed by atoms with E-state index in [1.54, 1.807) is 7.11 Å². The summed E-state index contributed by atoms with van der Waals surface area (Å²) in [4.78, 5) is 2.32.